The fourth-order valence-corrected chi connectivity index (χ4v) is 4.03. The molecule has 6 heteroatoms. The molecule has 0 atom stereocenters. The van der Waals surface area contributed by atoms with E-state index in [2.05, 4.69) is 34.8 Å². The summed E-state index contributed by atoms with van der Waals surface area (Å²) in [4.78, 5) is 22.4. The standard InChI is InChI=1S/C23H23IN4O/c1-2-3-20-23(28-21(29)12-14-4-7-16(24)8-5-14)27-19-11-6-15-13-17(25)9-10-18(15)22(19)26-20/h4-5,7-10,13H,2-3,6,11-12,25H2,1H3,(H,27,28,29). The monoisotopic (exact) mass is 498 g/mol. The molecule has 2 aromatic carbocycles. The predicted octanol–water partition coefficient (Wildman–Crippen LogP) is 4.56. The van der Waals surface area contributed by atoms with E-state index in [4.69, 9.17) is 15.7 Å². The molecular weight excluding hydrogens is 475 g/mol. The van der Waals surface area contributed by atoms with E-state index in [1.54, 1.807) is 0 Å². The fraction of sp³-hybridized carbons (Fsp3) is 0.261. The minimum Gasteiger partial charge on any atom is -0.399 e. The average Bonchev–Trinajstić information content (AvgIpc) is 2.70. The molecule has 0 fully saturated rings. The summed E-state index contributed by atoms with van der Waals surface area (Å²) in [5, 5.41) is 3.01. The highest BCUT2D eigenvalue weighted by Gasteiger charge is 2.22. The zero-order chi connectivity index (χ0) is 20.4. The molecule has 29 heavy (non-hydrogen) atoms. The van der Waals surface area contributed by atoms with Crippen molar-refractivity contribution in [3.63, 3.8) is 0 Å². The van der Waals surface area contributed by atoms with Crippen molar-refractivity contribution in [1.82, 2.24) is 9.97 Å². The number of anilines is 2. The molecule has 0 spiro atoms. The first-order valence-corrected chi connectivity index (χ1v) is 10.9. The number of carbonyl (C=O) groups is 1. The van der Waals surface area contributed by atoms with Gasteiger partial charge in [-0.1, -0.05) is 31.5 Å². The maximum atomic E-state index is 12.6. The molecule has 1 aromatic heterocycles. The lowest BCUT2D eigenvalue weighted by atomic mass is 9.91. The summed E-state index contributed by atoms with van der Waals surface area (Å²) in [6.07, 6.45) is 3.70. The Morgan fingerprint density at radius 1 is 1.14 bits per heavy atom. The molecular formula is C23H23IN4O. The molecule has 0 saturated heterocycles. The summed E-state index contributed by atoms with van der Waals surface area (Å²) < 4.78 is 1.15. The second-order valence-electron chi connectivity index (χ2n) is 7.33. The van der Waals surface area contributed by atoms with Gasteiger partial charge in [0.15, 0.2) is 5.82 Å². The number of nitrogen functional groups attached to an aromatic ring is 1. The number of halogens is 1. The topological polar surface area (TPSA) is 80.9 Å². The van der Waals surface area contributed by atoms with Crippen LogP contribution < -0.4 is 11.1 Å². The molecule has 0 bridgehead atoms. The van der Waals surface area contributed by atoms with Crippen LogP contribution in [0.3, 0.4) is 0 Å². The first kappa shape index (κ1) is 19.8. The first-order chi connectivity index (χ1) is 14.0. The maximum absolute atomic E-state index is 12.6. The van der Waals surface area contributed by atoms with Gasteiger partial charge in [0.25, 0.3) is 0 Å². The number of aryl methyl sites for hydroxylation is 3. The van der Waals surface area contributed by atoms with Gasteiger partial charge >= 0.3 is 0 Å². The smallest absolute Gasteiger partial charge is 0.229 e. The number of rotatable bonds is 5. The Bertz CT molecular complexity index is 1060. The zero-order valence-corrected chi connectivity index (χ0v) is 18.5. The molecule has 0 saturated carbocycles. The van der Waals surface area contributed by atoms with E-state index in [1.165, 1.54) is 5.56 Å². The van der Waals surface area contributed by atoms with Gasteiger partial charge in [-0.05, 0) is 77.2 Å². The summed E-state index contributed by atoms with van der Waals surface area (Å²) >= 11 is 2.26. The van der Waals surface area contributed by atoms with Crippen LogP contribution in [-0.4, -0.2) is 15.9 Å². The summed E-state index contributed by atoms with van der Waals surface area (Å²) in [6.45, 7) is 2.10. The Morgan fingerprint density at radius 3 is 2.69 bits per heavy atom. The summed E-state index contributed by atoms with van der Waals surface area (Å²) in [5.74, 6) is 0.529. The molecule has 1 aliphatic carbocycles. The van der Waals surface area contributed by atoms with E-state index >= 15 is 0 Å². The van der Waals surface area contributed by atoms with Crippen LogP contribution in [0.2, 0.25) is 0 Å². The molecule has 0 aliphatic heterocycles. The Hall–Kier alpha value is -2.48. The van der Waals surface area contributed by atoms with Crippen LogP contribution in [0.4, 0.5) is 11.5 Å². The quantitative estimate of drug-likeness (QED) is 0.399. The van der Waals surface area contributed by atoms with Crippen molar-refractivity contribution >= 4 is 40.0 Å². The highest BCUT2D eigenvalue weighted by molar-refractivity contribution is 14.1. The number of hydrogen-bond acceptors (Lipinski definition) is 4. The molecule has 148 valence electrons. The Balaban J connectivity index is 1.63. The molecule has 3 aromatic rings. The fourth-order valence-electron chi connectivity index (χ4n) is 3.67. The van der Waals surface area contributed by atoms with Gasteiger partial charge in [-0.2, -0.15) is 0 Å². The second kappa shape index (κ2) is 8.49. The number of nitrogens with two attached hydrogens (primary N) is 1. The lowest BCUT2D eigenvalue weighted by molar-refractivity contribution is -0.115. The van der Waals surface area contributed by atoms with Crippen LogP contribution in [0.1, 0.15) is 35.9 Å². The number of fused-ring (bicyclic) bond motifs is 3. The number of amides is 1. The van der Waals surface area contributed by atoms with Gasteiger partial charge in [-0.25, -0.2) is 9.97 Å². The average molecular weight is 498 g/mol. The van der Waals surface area contributed by atoms with E-state index in [0.29, 0.717) is 12.2 Å². The molecule has 0 unspecified atom stereocenters. The van der Waals surface area contributed by atoms with Crippen LogP contribution in [0.25, 0.3) is 11.3 Å². The minimum absolute atomic E-state index is 0.0678. The summed E-state index contributed by atoms with van der Waals surface area (Å²) in [6, 6.07) is 13.9. The van der Waals surface area contributed by atoms with Gasteiger partial charge in [-0.3, -0.25) is 4.79 Å². The van der Waals surface area contributed by atoms with Crippen LogP contribution in [0.15, 0.2) is 42.5 Å². The lowest BCUT2D eigenvalue weighted by Gasteiger charge is -2.21. The number of aromatic nitrogens is 2. The van der Waals surface area contributed by atoms with E-state index in [1.807, 2.05) is 42.5 Å². The molecule has 3 N–H and O–H groups in total. The highest BCUT2D eigenvalue weighted by atomic mass is 127. The van der Waals surface area contributed by atoms with Crippen LogP contribution in [-0.2, 0) is 30.5 Å². The number of nitrogens with zero attached hydrogens (tertiary/aromatic N) is 2. The zero-order valence-electron chi connectivity index (χ0n) is 16.3. The van der Waals surface area contributed by atoms with Crippen molar-refractivity contribution in [3.8, 4) is 11.3 Å². The SMILES string of the molecule is CCCc1nc2c(nc1NC(=O)Cc1ccc(I)cc1)CCc1cc(N)ccc1-2. The second-order valence-corrected chi connectivity index (χ2v) is 8.58. The van der Waals surface area contributed by atoms with Gasteiger partial charge in [0.2, 0.25) is 5.91 Å². The van der Waals surface area contributed by atoms with Gasteiger partial charge in [0.05, 0.1) is 23.5 Å². The van der Waals surface area contributed by atoms with E-state index in [-0.39, 0.29) is 5.91 Å². The van der Waals surface area contributed by atoms with Crippen molar-refractivity contribution in [3.05, 3.63) is 68.5 Å². The maximum Gasteiger partial charge on any atom is 0.229 e. The van der Waals surface area contributed by atoms with Crippen molar-refractivity contribution in [2.75, 3.05) is 11.1 Å². The minimum atomic E-state index is -0.0678. The Labute approximate surface area is 184 Å². The molecule has 5 nitrogen and oxygen atoms in total. The molecule has 0 radical (unpaired) electrons. The van der Waals surface area contributed by atoms with E-state index in [0.717, 1.165) is 63.1 Å². The lowest BCUT2D eigenvalue weighted by Crippen LogP contribution is -2.19. The van der Waals surface area contributed by atoms with Gasteiger partial charge in [-0.15, -0.1) is 0 Å². The van der Waals surface area contributed by atoms with Crippen molar-refractivity contribution in [2.24, 2.45) is 0 Å². The van der Waals surface area contributed by atoms with Crippen molar-refractivity contribution in [1.29, 1.82) is 0 Å². The Morgan fingerprint density at radius 2 is 1.93 bits per heavy atom. The first-order valence-electron chi connectivity index (χ1n) is 9.86. The number of benzene rings is 2. The van der Waals surface area contributed by atoms with Crippen LogP contribution in [0, 0.1) is 3.57 Å². The normalized spacial score (nSPS) is 12.2. The number of nitrogens with one attached hydrogen (secondary N) is 1. The third kappa shape index (κ3) is 4.42. The molecule has 4 rings (SSSR count). The molecule has 1 heterocycles. The summed E-state index contributed by atoms with van der Waals surface area (Å²) in [7, 11) is 0. The predicted molar refractivity (Wildman–Crippen MR) is 125 cm³/mol. The summed E-state index contributed by atoms with van der Waals surface area (Å²) in [5.41, 5.74) is 12.7. The van der Waals surface area contributed by atoms with Crippen molar-refractivity contribution in [2.45, 2.75) is 39.0 Å². The molecule has 1 aliphatic rings. The van der Waals surface area contributed by atoms with Gasteiger partial charge in [0, 0.05) is 14.8 Å². The van der Waals surface area contributed by atoms with Gasteiger partial charge < -0.3 is 11.1 Å². The van der Waals surface area contributed by atoms with E-state index in [9.17, 15) is 4.79 Å². The van der Waals surface area contributed by atoms with E-state index < -0.39 is 0 Å². The van der Waals surface area contributed by atoms with Crippen molar-refractivity contribution < 1.29 is 4.79 Å². The largest absolute Gasteiger partial charge is 0.399 e. The third-order valence-corrected chi connectivity index (χ3v) is 5.80. The Kier molecular flexibility index (Phi) is 5.80. The molecule has 1 amide bonds. The highest BCUT2D eigenvalue weighted by Crippen LogP contribution is 2.34. The number of hydrogen-bond donors (Lipinski definition) is 2. The van der Waals surface area contributed by atoms with Gasteiger partial charge in [0.1, 0.15) is 0 Å². The van der Waals surface area contributed by atoms with Crippen LogP contribution >= 0.6 is 22.6 Å². The van der Waals surface area contributed by atoms with Crippen LogP contribution in [0.5, 0.6) is 0 Å². The third-order valence-electron chi connectivity index (χ3n) is 5.08. The number of carbonyl (C=O) groups excluding carboxylic acids is 1.